The maximum absolute atomic E-state index is 10.6. The fraction of sp³-hybridized carbons (Fsp3) is 0.538. The van der Waals surface area contributed by atoms with E-state index in [2.05, 4.69) is 17.3 Å². The average molecular weight is 300 g/mol. The molecule has 0 bridgehead atoms. The number of non-ortho nitro benzene ring substituents is 1. The van der Waals surface area contributed by atoms with Crippen molar-refractivity contribution >= 4 is 17.3 Å². The SMILES string of the molecule is CN1CCOC(CNCc2ccc([N+](=O)[O-])cc2Cl)C1. The number of nitrogens with one attached hydrogen (secondary N) is 1. The molecule has 1 heterocycles. The van der Waals surface area contributed by atoms with E-state index in [9.17, 15) is 10.1 Å². The minimum Gasteiger partial charge on any atom is -0.374 e. The van der Waals surface area contributed by atoms with Crippen molar-refractivity contribution in [1.82, 2.24) is 10.2 Å². The Morgan fingerprint density at radius 3 is 3.05 bits per heavy atom. The summed E-state index contributed by atoms with van der Waals surface area (Å²) >= 11 is 6.03. The van der Waals surface area contributed by atoms with Crippen molar-refractivity contribution in [2.45, 2.75) is 12.6 Å². The summed E-state index contributed by atoms with van der Waals surface area (Å²) in [7, 11) is 2.07. The second-order valence-corrected chi connectivity index (χ2v) is 5.33. The number of morpholine rings is 1. The first-order valence-corrected chi connectivity index (χ1v) is 6.87. The standard InChI is InChI=1S/C13H18ClN3O3/c1-16-4-5-20-12(9-16)8-15-7-10-2-3-11(17(18)19)6-13(10)14/h2-3,6,12,15H,4-5,7-9H2,1H3. The van der Waals surface area contributed by atoms with Gasteiger partial charge in [0, 0.05) is 38.3 Å². The van der Waals surface area contributed by atoms with E-state index in [0.29, 0.717) is 11.6 Å². The molecule has 0 amide bonds. The highest BCUT2D eigenvalue weighted by Crippen LogP contribution is 2.22. The van der Waals surface area contributed by atoms with Crippen molar-refractivity contribution in [1.29, 1.82) is 0 Å². The summed E-state index contributed by atoms with van der Waals surface area (Å²) in [5.74, 6) is 0. The van der Waals surface area contributed by atoms with Gasteiger partial charge in [0.1, 0.15) is 0 Å². The Labute approximate surface area is 122 Å². The van der Waals surface area contributed by atoms with Crippen LogP contribution in [0.2, 0.25) is 5.02 Å². The van der Waals surface area contributed by atoms with E-state index in [1.54, 1.807) is 6.07 Å². The van der Waals surface area contributed by atoms with Gasteiger partial charge in [0.15, 0.2) is 0 Å². The molecule has 0 radical (unpaired) electrons. The lowest BCUT2D eigenvalue weighted by atomic mass is 10.2. The number of likely N-dealkylation sites (N-methyl/N-ethyl adjacent to an activating group) is 1. The number of benzene rings is 1. The van der Waals surface area contributed by atoms with Gasteiger partial charge in [0.05, 0.1) is 22.7 Å². The molecular weight excluding hydrogens is 282 g/mol. The van der Waals surface area contributed by atoms with E-state index in [1.165, 1.54) is 12.1 Å². The van der Waals surface area contributed by atoms with E-state index in [4.69, 9.17) is 16.3 Å². The molecule has 2 rings (SSSR count). The molecule has 1 fully saturated rings. The molecule has 1 aliphatic rings. The van der Waals surface area contributed by atoms with Crippen LogP contribution in [0.25, 0.3) is 0 Å². The van der Waals surface area contributed by atoms with Crippen LogP contribution in [0, 0.1) is 10.1 Å². The van der Waals surface area contributed by atoms with Gasteiger partial charge in [0.2, 0.25) is 0 Å². The fourth-order valence-corrected chi connectivity index (χ4v) is 2.39. The Kier molecular flexibility index (Phi) is 5.31. The predicted octanol–water partition coefficient (Wildman–Crippen LogP) is 1.67. The summed E-state index contributed by atoms with van der Waals surface area (Å²) in [4.78, 5) is 12.4. The van der Waals surface area contributed by atoms with Crippen LogP contribution in [0.15, 0.2) is 18.2 Å². The lowest BCUT2D eigenvalue weighted by Gasteiger charge is -2.30. The third-order valence-corrected chi connectivity index (χ3v) is 3.63. The van der Waals surface area contributed by atoms with Crippen molar-refractivity contribution in [2.75, 3.05) is 33.3 Å². The van der Waals surface area contributed by atoms with Crippen LogP contribution in [0.3, 0.4) is 0 Å². The van der Waals surface area contributed by atoms with Gasteiger partial charge in [-0.2, -0.15) is 0 Å². The van der Waals surface area contributed by atoms with Gasteiger partial charge in [-0.1, -0.05) is 11.6 Å². The van der Waals surface area contributed by atoms with Crippen LogP contribution < -0.4 is 5.32 Å². The second kappa shape index (κ2) is 6.99. The maximum Gasteiger partial charge on any atom is 0.270 e. The first-order chi connectivity index (χ1) is 9.56. The Balaban J connectivity index is 1.83. The van der Waals surface area contributed by atoms with Crippen molar-refractivity contribution in [3.05, 3.63) is 38.9 Å². The van der Waals surface area contributed by atoms with Gasteiger partial charge in [-0.3, -0.25) is 10.1 Å². The minimum absolute atomic E-state index is 0.0102. The van der Waals surface area contributed by atoms with E-state index < -0.39 is 4.92 Å². The van der Waals surface area contributed by atoms with Gasteiger partial charge in [-0.15, -0.1) is 0 Å². The van der Waals surface area contributed by atoms with E-state index in [0.717, 1.165) is 31.8 Å². The van der Waals surface area contributed by atoms with Gasteiger partial charge < -0.3 is 15.0 Å². The lowest BCUT2D eigenvalue weighted by Crippen LogP contribution is -2.44. The van der Waals surface area contributed by atoms with Crippen LogP contribution in [0.1, 0.15) is 5.56 Å². The summed E-state index contributed by atoms with van der Waals surface area (Å²) in [5, 5.41) is 14.3. The summed E-state index contributed by atoms with van der Waals surface area (Å²) in [6.45, 7) is 3.92. The molecule has 7 heteroatoms. The van der Waals surface area contributed by atoms with Crippen molar-refractivity contribution in [3.8, 4) is 0 Å². The number of ether oxygens (including phenoxy) is 1. The van der Waals surface area contributed by atoms with Crippen molar-refractivity contribution in [3.63, 3.8) is 0 Å². The Bertz CT molecular complexity index is 484. The van der Waals surface area contributed by atoms with Crippen LogP contribution >= 0.6 is 11.6 Å². The summed E-state index contributed by atoms with van der Waals surface area (Å²) in [6.07, 6.45) is 0.172. The molecule has 0 spiro atoms. The van der Waals surface area contributed by atoms with Gasteiger partial charge in [-0.25, -0.2) is 0 Å². The van der Waals surface area contributed by atoms with Gasteiger partial charge >= 0.3 is 0 Å². The molecule has 6 nitrogen and oxygen atoms in total. The molecule has 20 heavy (non-hydrogen) atoms. The average Bonchev–Trinajstić information content (AvgIpc) is 2.40. The number of rotatable bonds is 5. The van der Waals surface area contributed by atoms with Crippen LogP contribution in [-0.2, 0) is 11.3 Å². The minimum atomic E-state index is -0.450. The topological polar surface area (TPSA) is 67.6 Å². The lowest BCUT2D eigenvalue weighted by molar-refractivity contribution is -0.384. The molecule has 1 saturated heterocycles. The number of nitrogens with zero attached hydrogens (tertiary/aromatic N) is 2. The number of hydrogen-bond acceptors (Lipinski definition) is 5. The molecule has 0 saturated carbocycles. The smallest absolute Gasteiger partial charge is 0.270 e. The molecule has 1 aromatic rings. The quantitative estimate of drug-likeness (QED) is 0.662. The highest BCUT2D eigenvalue weighted by atomic mass is 35.5. The molecule has 1 N–H and O–H groups in total. The maximum atomic E-state index is 10.6. The number of halogens is 1. The Morgan fingerprint density at radius 1 is 1.60 bits per heavy atom. The zero-order chi connectivity index (χ0) is 14.5. The van der Waals surface area contributed by atoms with Crippen molar-refractivity contribution < 1.29 is 9.66 Å². The van der Waals surface area contributed by atoms with Crippen LogP contribution in [0.4, 0.5) is 5.69 Å². The fourth-order valence-electron chi connectivity index (χ4n) is 2.15. The van der Waals surface area contributed by atoms with E-state index in [1.807, 2.05) is 0 Å². The molecule has 1 unspecified atom stereocenters. The van der Waals surface area contributed by atoms with Gasteiger partial charge in [0.25, 0.3) is 5.69 Å². The van der Waals surface area contributed by atoms with Crippen LogP contribution in [-0.4, -0.2) is 49.2 Å². The monoisotopic (exact) mass is 299 g/mol. The third-order valence-electron chi connectivity index (χ3n) is 3.28. The first kappa shape index (κ1) is 15.2. The Morgan fingerprint density at radius 2 is 2.40 bits per heavy atom. The number of hydrogen-bond donors (Lipinski definition) is 1. The zero-order valence-corrected chi connectivity index (χ0v) is 12.1. The normalized spacial score (nSPS) is 20.0. The van der Waals surface area contributed by atoms with E-state index in [-0.39, 0.29) is 11.8 Å². The summed E-state index contributed by atoms with van der Waals surface area (Å²) in [5.41, 5.74) is 0.859. The molecule has 0 aromatic heterocycles. The molecule has 1 aliphatic heterocycles. The molecule has 1 atom stereocenters. The third kappa shape index (κ3) is 4.14. The van der Waals surface area contributed by atoms with Gasteiger partial charge in [-0.05, 0) is 18.7 Å². The zero-order valence-electron chi connectivity index (χ0n) is 11.3. The summed E-state index contributed by atoms with van der Waals surface area (Å²) < 4.78 is 5.64. The molecule has 110 valence electrons. The highest BCUT2D eigenvalue weighted by molar-refractivity contribution is 6.31. The molecule has 0 aliphatic carbocycles. The predicted molar refractivity (Wildman–Crippen MR) is 77.1 cm³/mol. The second-order valence-electron chi connectivity index (χ2n) is 4.92. The largest absolute Gasteiger partial charge is 0.374 e. The molecular formula is C13H18ClN3O3. The van der Waals surface area contributed by atoms with E-state index >= 15 is 0 Å². The number of nitro groups is 1. The van der Waals surface area contributed by atoms with Crippen molar-refractivity contribution in [2.24, 2.45) is 0 Å². The summed E-state index contributed by atoms with van der Waals surface area (Å²) in [6, 6.07) is 4.53. The Hall–Kier alpha value is -1.21. The number of nitro benzene ring substituents is 1. The first-order valence-electron chi connectivity index (χ1n) is 6.50. The van der Waals surface area contributed by atoms with Crippen LogP contribution in [0.5, 0.6) is 0 Å². The highest BCUT2D eigenvalue weighted by Gasteiger charge is 2.17. The molecule has 1 aromatic carbocycles.